The first kappa shape index (κ1) is 11.9. The van der Waals surface area contributed by atoms with Crippen LogP contribution in [0.1, 0.15) is 16.8 Å². The van der Waals surface area contributed by atoms with E-state index in [0.717, 1.165) is 16.9 Å². The van der Waals surface area contributed by atoms with Crippen LogP contribution in [0.2, 0.25) is 0 Å². The summed E-state index contributed by atoms with van der Waals surface area (Å²) >= 11 is 5.70. The van der Waals surface area contributed by atoms with E-state index in [9.17, 15) is 0 Å². The van der Waals surface area contributed by atoms with Crippen LogP contribution < -0.4 is 4.74 Å². The number of rotatable bonds is 3. The minimum absolute atomic E-state index is 0.330. The highest BCUT2D eigenvalue weighted by Gasteiger charge is 2.04. The molecule has 2 aromatic rings. The van der Waals surface area contributed by atoms with Crippen molar-refractivity contribution < 1.29 is 4.74 Å². The number of alkyl halides is 1. The standard InChI is InChI=1S/C13H13ClN2O/c1-9-3-4-10(2)12(5-9)17-13-8-15-7-11(6-14)16-13/h3-5,7-8H,6H2,1-2H3. The summed E-state index contributed by atoms with van der Waals surface area (Å²) in [5, 5.41) is 0. The Balaban J connectivity index is 2.27. The van der Waals surface area contributed by atoms with Crippen LogP contribution in [0.5, 0.6) is 11.6 Å². The number of hydrogen-bond acceptors (Lipinski definition) is 3. The van der Waals surface area contributed by atoms with E-state index in [1.54, 1.807) is 12.4 Å². The molecule has 0 aliphatic rings. The maximum absolute atomic E-state index is 5.70. The molecule has 88 valence electrons. The van der Waals surface area contributed by atoms with Gasteiger partial charge < -0.3 is 4.74 Å². The van der Waals surface area contributed by atoms with Gasteiger partial charge in [0.25, 0.3) is 0 Å². The second-order valence-corrected chi connectivity index (χ2v) is 4.12. The van der Waals surface area contributed by atoms with Crippen molar-refractivity contribution in [1.29, 1.82) is 0 Å². The van der Waals surface area contributed by atoms with Crippen LogP contribution in [0.15, 0.2) is 30.6 Å². The lowest BCUT2D eigenvalue weighted by Gasteiger charge is -2.08. The molecule has 0 radical (unpaired) electrons. The van der Waals surface area contributed by atoms with Crippen molar-refractivity contribution >= 4 is 11.6 Å². The molecule has 0 bridgehead atoms. The molecule has 1 aromatic heterocycles. The number of halogens is 1. The molecule has 0 N–H and O–H groups in total. The topological polar surface area (TPSA) is 35.0 Å². The first-order valence-electron chi connectivity index (χ1n) is 5.31. The molecule has 0 saturated heterocycles. The summed E-state index contributed by atoms with van der Waals surface area (Å²) in [6.07, 6.45) is 3.21. The molecule has 0 fully saturated rings. The molecule has 0 atom stereocenters. The lowest BCUT2D eigenvalue weighted by molar-refractivity contribution is 0.455. The zero-order valence-electron chi connectivity index (χ0n) is 9.77. The van der Waals surface area contributed by atoms with Crippen LogP contribution in [0.4, 0.5) is 0 Å². The quantitative estimate of drug-likeness (QED) is 0.778. The Kier molecular flexibility index (Phi) is 3.59. The fourth-order valence-corrected chi connectivity index (χ4v) is 1.56. The molecule has 3 nitrogen and oxygen atoms in total. The Morgan fingerprint density at radius 2 is 2.06 bits per heavy atom. The van der Waals surface area contributed by atoms with Gasteiger partial charge in [-0.3, -0.25) is 4.98 Å². The number of ether oxygens (including phenoxy) is 1. The van der Waals surface area contributed by atoms with Gasteiger partial charge >= 0.3 is 0 Å². The van der Waals surface area contributed by atoms with Crippen molar-refractivity contribution in [3.63, 3.8) is 0 Å². The van der Waals surface area contributed by atoms with E-state index < -0.39 is 0 Å². The third-order valence-electron chi connectivity index (χ3n) is 2.36. The zero-order valence-corrected chi connectivity index (χ0v) is 10.5. The Labute approximate surface area is 105 Å². The van der Waals surface area contributed by atoms with Crippen LogP contribution in [0, 0.1) is 13.8 Å². The highest BCUT2D eigenvalue weighted by molar-refractivity contribution is 6.16. The lowest BCUT2D eigenvalue weighted by Crippen LogP contribution is -1.94. The monoisotopic (exact) mass is 248 g/mol. The van der Waals surface area contributed by atoms with E-state index in [2.05, 4.69) is 9.97 Å². The molecular formula is C13H13ClN2O. The zero-order chi connectivity index (χ0) is 12.3. The Morgan fingerprint density at radius 1 is 1.24 bits per heavy atom. The van der Waals surface area contributed by atoms with Crippen LogP contribution in [0.3, 0.4) is 0 Å². The van der Waals surface area contributed by atoms with E-state index in [1.807, 2.05) is 32.0 Å². The van der Waals surface area contributed by atoms with Crippen molar-refractivity contribution in [2.75, 3.05) is 0 Å². The molecular weight excluding hydrogens is 236 g/mol. The van der Waals surface area contributed by atoms with Gasteiger partial charge in [-0.1, -0.05) is 12.1 Å². The minimum Gasteiger partial charge on any atom is -0.437 e. The van der Waals surface area contributed by atoms with Crippen LogP contribution in [0.25, 0.3) is 0 Å². The third kappa shape index (κ3) is 2.94. The predicted molar refractivity (Wildman–Crippen MR) is 67.6 cm³/mol. The fraction of sp³-hybridized carbons (Fsp3) is 0.231. The highest BCUT2D eigenvalue weighted by atomic mass is 35.5. The van der Waals surface area contributed by atoms with Gasteiger partial charge in [0.15, 0.2) is 0 Å². The predicted octanol–water partition coefficient (Wildman–Crippen LogP) is 3.62. The van der Waals surface area contributed by atoms with Gasteiger partial charge in [-0.2, -0.15) is 0 Å². The van der Waals surface area contributed by atoms with E-state index in [0.29, 0.717) is 17.5 Å². The number of benzene rings is 1. The summed E-state index contributed by atoms with van der Waals surface area (Å²) in [4.78, 5) is 8.27. The smallest absolute Gasteiger partial charge is 0.238 e. The van der Waals surface area contributed by atoms with Gasteiger partial charge in [-0.15, -0.1) is 11.6 Å². The van der Waals surface area contributed by atoms with Crippen molar-refractivity contribution in [3.05, 3.63) is 47.4 Å². The van der Waals surface area contributed by atoms with Gasteiger partial charge in [0.2, 0.25) is 5.88 Å². The van der Waals surface area contributed by atoms with E-state index >= 15 is 0 Å². The summed E-state index contributed by atoms with van der Waals surface area (Å²) in [5.41, 5.74) is 2.91. The molecule has 1 aromatic carbocycles. The fourth-order valence-electron chi connectivity index (χ4n) is 1.43. The molecule has 17 heavy (non-hydrogen) atoms. The molecule has 0 unspecified atom stereocenters. The molecule has 2 rings (SSSR count). The summed E-state index contributed by atoms with van der Waals surface area (Å²) in [6.45, 7) is 4.01. The largest absolute Gasteiger partial charge is 0.437 e. The van der Waals surface area contributed by atoms with Crippen molar-refractivity contribution in [1.82, 2.24) is 9.97 Å². The highest BCUT2D eigenvalue weighted by Crippen LogP contribution is 2.24. The summed E-state index contributed by atoms with van der Waals surface area (Å²) in [6, 6.07) is 6.04. The second-order valence-electron chi connectivity index (χ2n) is 3.85. The van der Waals surface area contributed by atoms with Crippen molar-refractivity contribution in [3.8, 4) is 11.6 Å². The van der Waals surface area contributed by atoms with E-state index in [-0.39, 0.29) is 0 Å². The van der Waals surface area contributed by atoms with Crippen LogP contribution in [-0.2, 0) is 5.88 Å². The average molecular weight is 249 g/mol. The van der Waals surface area contributed by atoms with Gasteiger partial charge in [-0.25, -0.2) is 4.98 Å². The molecule has 0 aliphatic carbocycles. The number of aryl methyl sites for hydroxylation is 2. The molecule has 0 aliphatic heterocycles. The molecule has 0 amide bonds. The van der Waals surface area contributed by atoms with Crippen LogP contribution in [-0.4, -0.2) is 9.97 Å². The summed E-state index contributed by atoms with van der Waals surface area (Å²) in [7, 11) is 0. The third-order valence-corrected chi connectivity index (χ3v) is 2.63. The van der Waals surface area contributed by atoms with Crippen LogP contribution >= 0.6 is 11.6 Å². The summed E-state index contributed by atoms with van der Waals surface area (Å²) in [5.74, 6) is 1.60. The summed E-state index contributed by atoms with van der Waals surface area (Å²) < 4.78 is 5.70. The molecule has 1 heterocycles. The molecule has 4 heteroatoms. The molecule has 0 spiro atoms. The SMILES string of the molecule is Cc1ccc(C)c(Oc2cncc(CCl)n2)c1. The Bertz CT molecular complexity index is 529. The minimum atomic E-state index is 0.330. The normalized spacial score (nSPS) is 10.3. The van der Waals surface area contributed by atoms with Crippen molar-refractivity contribution in [2.24, 2.45) is 0 Å². The number of aromatic nitrogens is 2. The van der Waals surface area contributed by atoms with Gasteiger partial charge in [0.05, 0.1) is 17.8 Å². The van der Waals surface area contributed by atoms with Gasteiger partial charge in [-0.05, 0) is 31.0 Å². The van der Waals surface area contributed by atoms with E-state index in [1.165, 1.54) is 0 Å². The van der Waals surface area contributed by atoms with Gasteiger partial charge in [0.1, 0.15) is 5.75 Å². The Morgan fingerprint density at radius 3 is 2.82 bits per heavy atom. The Hall–Kier alpha value is -1.61. The first-order chi connectivity index (χ1) is 8.19. The number of hydrogen-bond donors (Lipinski definition) is 0. The molecule has 0 saturated carbocycles. The van der Waals surface area contributed by atoms with E-state index in [4.69, 9.17) is 16.3 Å². The maximum atomic E-state index is 5.70. The number of nitrogens with zero attached hydrogens (tertiary/aromatic N) is 2. The first-order valence-corrected chi connectivity index (χ1v) is 5.84. The average Bonchev–Trinajstić information content (AvgIpc) is 2.34. The lowest BCUT2D eigenvalue weighted by atomic mass is 10.1. The maximum Gasteiger partial charge on any atom is 0.238 e. The van der Waals surface area contributed by atoms with Crippen molar-refractivity contribution in [2.45, 2.75) is 19.7 Å². The van der Waals surface area contributed by atoms with Gasteiger partial charge in [0, 0.05) is 6.20 Å². The second kappa shape index (κ2) is 5.15.